The van der Waals surface area contributed by atoms with Crippen molar-refractivity contribution in [3.05, 3.63) is 18.0 Å². The number of sulfonamides is 1. The van der Waals surface area contributed by atoms with Gasteiger partial charge in [-0.05, 0) is 17.9 Å². The fourth-order valence-electron chi connectivity index (χ4n) is 1.71. The third-order valence-electron chi connectivity index (χ3n) is 3.78. The molecule has 21 heavy (non-hydrogen) atoms. The molecule has 1 rings (SSSR count). The van der Waals surface area contributed by atoms with E-state index in [1.165, 1.54) is 0 Å². The zero-order valence-electron chi connectivity index (χ0n) is 14.0. The molecule has 0 aliphatic heterocycles. The van der Waals surface area contributed by atoms with Gasteiger partial charge >= 0.3 is 0 Å². The van der Waals surface area contributed by atoms with E-state index in [0.717, 1.165) is 12.1 Å². The Morgan fingerprint density at radius 3 is 2.48 bits per heavy atom. The van der Waals surface area contributed by atoms with Gasteiger partial charge in [0.25, 0.3) is 0 Å². The lowest BCUT2D eigenvalue weighted by molar-refractivity contribution is 0.350. The molecular weight excluding hydrogens is 286 g/mol. The molecule has 0 unspecified atom stereocenters. The molecule has 0 amide bonds. The maximum Gasteiger partial charge on any atom is 0.242 e. The first-order valence-electron chi connectivity index (χ1n) is 7.45. The Morgan fingerprint density at radius 2 is 1.95 bits per heavy atom. The van der Waals surface area contributed by atoms with Crippen LogP contribution in [-0.4, -0.2) is 25.6 Å². The Bertz CT molecular complexity index is 559. The molecule has 0 aromatic carbocycles. The number of hydrogen-bond donors (Lipinski definition) is 2. The lowest BCUT2D eigenvalue weighted by Crippen LogP contribution is -2.33. The first-order chi connectivity index (χ1) is 9.57. The largest absolute Gasteiger partial charge is 0.352 e. The van der Waals surface area contributed by atoms with Crippen LogP contribution in [0.25, 0.3) is 0 Å². The van der Waals surface area contributed by atoms with Crippen molar-refractivity contribution < 1.29 is 8.42 Å². The van der Waals surface area contributed by atoms with Gasteiger partial charge in [-0.1, -0.05) is 34.6 Å². The average molecular weight is 315 g/mol. The van der Waals surface area contributed by atoms with Crippen molar-refractivity contribution in [3.63, 3.8) is 0 Å². The molecule has 0 bridgehead atoms. The molecule has 0 atom stereocenters. The smallest absolute Gasteiger partial charge is 0.242 e. The molecule has 2 N–H and O–H groups in total. The molecule has 0 fully saturated rings. The Hall–Kier alpha value is -0.850. The van der Waals surface area contributed by atoms with Crippen molar-refractivity contribution in [2.45, 2.75) is 58.5 Å². The van der Waals surface area contributed by atoms with E-state index in [1.807, 2.05) is 11.6 Å². The molecule has 5 nitrogen and oxygen atoms in total. The van der Waals surface area contributed by atoms with E-state index in [0.29, 0.717) is 24.0 Å². The third kappa shape index (κ3) is 5.45. The third-order valence-corrected chi connectivity index (χ3v) is 5.15. The number of rotatable bonds is 8. The summed E-state index contributed by atoms with van der Waals surface area (Å²) in [5.74, 6) is 0. The standard InChI is InChI=1S/C15H29N3O2S/c1-7-15(4,5)11-17-21(19,20)14-8-13(18(6)10-14)9-16-12(2)3/h8,10,12,16-17H,7,9,11H2,1-6H3. The van der Waals surface area contributed by atoms with Gasteiger partial charge in [0.2, 0.25) is 10.0 Å². The van der Waals surface area contributed by atoms with Crippen molar-refractivity contribution in [1.29, 1.82) is 0 Å². The lowest BCUT2D eigenvalue weighted by Gasteiger charge is -2.22. The van der Waals surface area contributed by atoms with E-state index in [9.17, 15) is 8.42 Å². The maximum absolute atomic E-state index is 12.4. The minimum Gasteiger partial charge on any atom is -0.352 e. The van der Waals surface area contributed by atoms with Crippen LogP contribution in [0, 0.1) is 5.41 Å². The predicted octanol–water partition coefficient (Wildman–Crippen LogP) is 2.24. The van der Waals surface area contributed by atoms with Crippen LogP contribution in [0.3, 0.4) is 0 Å². The summed E-state index contributed by atoms with van der Waals surface area (Å²) >= 11 is 0. The highest BCUT2D eigenvalue weighted by Gasteiger charge is 2.22. The van der Waals surface area contributed by atoms with Crippen LogP contribution in [0.5, 0.6) is 0 Å². The van der Waals surface area contributed by atoms with Crippen LogP contribution < -0.4 is 10.0 Å². The van der Waals surface area contributed by atoms with E-state index in [-0.39, 0.29) is 5.41 Å². The van der Waals surface area contributed by atoms with Gasteiger partial charge in [-0.15, -0.1) is 0 Å². The topological polar surface area (TPSA) is 63.1 Å². The molecule has 0 saturated heterocycles. The minimum absolute atomic E-state index is 0.0378. The van der Waals surface area contributed by atoms with E-state index >= 15 is 0 Å². The molecule has 122 valence electrons. The first kappa shape index (κ1) is 18.2. The van der Waals surface area contributed by atoms with Crippen LogP contribution in [0.4, 0.5) is 0 Å². The second-order valence-electron chi connectivity index (χ2n) is 6.66. The number of aromatic nitrogens is 1. The van der Waals surface area contributed by atoms with Gasteiger partial charge in [0, 0.05) is 38.1 Å². The molecular formula is C15H29N3O2S. The zero-order valence-corrected chi connectivity index (χ0v) is 14.8. The van der Waals surface area contributed by atoms with Gasteiger partial charge < -0.3 is 9.88 Å². The summed E-state index contributed by atoms with van der Waals surface area (Å²) in [7, 11) is -1.58. The zero-order chi connectivity index (χ0) is 16.3. The van der Waals surface area contributed by atoms with Crippen molar-refractivity contribution in [1.82, 2.24) is 14.6 Å². The quantitative estimate of drug-likeness (QED) is 0.773. The van der Waals surface area contributed by atoms with Crippen LogP contribution in [0.2, 0.25) is 0 Å². The van der Waals surface area contributed by atoms with Gasteiger partial charge in [-0.3, -0.25) is 0 Å². The molecule has 1 heterocycles. The molecule has 0 spiro atoms. The van der Waals surface area contributed by atoms with E-state index in [4.69, 9.17) is 0 Å². The Morgan fingerprint density at radius 1 is 1.33 bits per heavy atom. The number of hydrogen-bond acceptors (Lipinski definition) is 3. The van der Waals surface area contributed by atoms with Crippen molar-refractivity contribution in [3.8, 4) is 0 Å². The Labute approximate surface area is 129 Å². The molecule has 0 aliphatic carbocycles. The Kier molecular flexibility index (Phi) is 6.01. The summed E-state index contributed by atoms with van der Waals surface area (Å²) in [6, 6.07) is 2.10. The van der Waals surface area contributed by atoms with Gasteiger partial charge in [0.1, 0.15) is 0 Å². The normalized spacial score (nSPS) is 13.1. The van der Waals surface area contributed by atoms with Gasteiger partial charge in [0.05, 0.1) is 4.90 Å². The fourth-order valence-corrected chi connectivity index (χ4v) is 3.04. The highest BCUT2D eigenvalue weighted by atomic mass is 32.2. The number of nitrogens with one attached hydrogen (secondary N) is 2. The van der Waals surface area contributed by atoms with Crippen LogP contribution in [-0.2, 0) is 23.6 Å². The monoisotopic (exact) mass is 315 g/mol. The summed E-state index contributed by atoms with van der Waals surface area (Å²) in [5.41, 5.74) is 0.919. The lowest BCUT2D eigenvalue weighted by atomic mass is 9.91. The maximum atomic E-state index is 12.4. The van der Waals surface area contributed by atoms with E-state index in [2.05, 4.69) is 44.7 Å². The van der Waals surface area contributed by atoms with Crippen molar-refractivity contribution in [2.75, 3.05) is 6.54 Å². The molecule has 0 radical (unpaired) electrons. The SMILES string of the molecule is CCC(C)(C)CNS(=O)(=O)c1cc(CNC(C)C)n(C)c1. The second kappa shape index (κ2) is 6.94. The fraction of sp³-hybridized carbons (Fsp3) is 0.733. The van der Waals surface area contributed by atoms with Gasteiger partial charge in [-0.2, -0.15) is 0 Å². The van der Waals surface area contributed by atoms with Crippen molar-refractivity contribution in [2.24, 2.45) is 12.5 Å². The average Bonchev–Trinajstić information content (AvgIpc) is 2.76. The predicted molar refractivity (Wildman–Crippen MR) is 86.6 cm³/mol. The highest BCUT2D eigenvalue weighted by Crippen LogP contribution is 2.20. The van der Waals surface area contributed by atoms with Gasteiger partial charge in [0.15, 0.2) is 0 Å². The van der Waals surface area contributed by atoms with Gasteiger partial charge in [-0.25, -0.2) is 13.1 Å². The molecule has 1 aromatic heterocycles. The van der Waals surface area contributed by atoms with E-state index < -0.39 is 10.0 Å². The molecule has 0 aliphatic rings. The first-order valence-corrected chi connectivity index (χ1v) is 8.94. The van der Waals surface area contributed by atoms with E-state index in [1.54, 1.807) is 12.3 Å². The summed E-state index contributed by atoms with van der Waals surface area (Å²) in [5, 5.41) is 3.30. The summed E-state index contributed by atoms with van der Waals surface area (Å²) < 4.78 is 29.3. The summed E-state index contributed by atoms with van der Waals surface area (Å²) in [6.07, 6.45) is 2.59. The van der Waals surface area contributed by atoms with Crippen LogP contribution in [0.1, 0.15) is 46.7 Å². The number of nitrogens with zero attached hydrogens (tertiary/aromatic N) is 1. The summed E-state index contributed by atoms with van der Waals surface area (Å²) in [6.45, 7) is 11.4. The highest BCUT2D eigenvalue weighted by molar-refractivity contribution is 7.89. The summed E-state index contributed by atoms with van der Waals surface area (Å²) in [4.78, 5) is 0.331. The molecule has 1 aromatic rings. The molecule has 6 heteroatoms. The minimum atomic E-state index is -3.44. The Balaban J connectivity index is 2.82. The van der Waals surface area contributed by atoms with Crippen molar-refractivity contribution >= 4 is 10.0 Å². The number of aryl methyl sites for hydroxylation is 1. The molecule has 0 saturated carbocycles. The van der Waals surface area contributed by atoms with Crippen LogP contribution in [0.15, 0.2) is 17.2 Å². The van der Waals surface area contributed by atoms with Crippen LogP contribution >= 0.6 is 0 Å². The second-order valence-corrected chi connectivity index (χ2v) is 8.42.